The minimum atomic E-state index is -4.53. The Morgan fingerprint density at radius 2 is 2.03 bits per heavy atom. The van der Waals surface area contributed by atoms with Crippen LogP contribution in [0, 0.1) is 6.92 Å². The first-order valence-electron chi connectivity index (χ1n) is 10.8. The van der Waals surface area contributed by atoms with Crippen molar-refractivity contribution in [3.05, 3.63) is 53.1 Å². The molecular formula is C24H24F3N3O4. The van der Waals surface area contributed by atoms with E-state index in [0.717, 1.165) is 35.9 Å². The first kappa shape index (κ1) is 23.7. The zero-order valence-electron chi connectivity index (χ0n) is 18.7. The Morgan fingerprint density at radius 3 is 2.74 bits per heavy atom. The van der Waals surface area contributed by atoms with Crippen LogP contribution in [0.1, 0.15) is 35.4 Å². The summed E-state index contributed by atoms with van der Waals surface area (Å²) >= 11 is 0. The van der Waals surface area contributed by atoms with Gasteiger partial charge < -0.3 is 19.5 Å². The van der Waals surface area contributed by atoms with Crippen LogP contribution in [0.5, 0.6) is 5.75 Å². The minimum absolute atomic E-state index is 0.00311. The number of hydrogen-bond donors (Lipinski definition) is 1. The maximum atomic E-state index is 13.4. The minimum Gasteiger partial charge on any atom is -0.467 e. The quantitative estimate of drug-likeness (QED) is 0.493. The van der Waals surface area contributed by atoms with E-state index in [1.165, 1.54) is 12.0 Å². The summed E-state index contributed by atoms with van der Waals surface area (Å²) in [5.74, 6) is -0.00883. The van der Waals surface area contributed by atoms with E-state index >= 15 is 0 Å². The molecule has 0 radical (unpaired) electrons. The zero-order chi connectivity index (χ0) is 24.5. The number of rotatable bonds is 5. The summed E-state index contributed by atoms with van der Waals surface area (Å²) in [6.07, 6.45) is -3.88. The van der Waals surface area contributed by atoms with Gasteiger partial charge in [0.1, 0.15) is 5.75 Å². The van der Waals surface area contributed by atoms with Crippen LogP contribution in [-0.4, -0.2) is 53.3 Å². The topological polar surface area (TPSA) is 84.8 Å². The molecule has 0 spiro atoms. The van der Waals surface area contributed by atoms with E-state index in [9.17, 15) is 23.1 Å². The van der Waals surface area contributed by atoms with Crippen molar-refractivity contribution in [2.24, 2.45) is 0 Å². The maximum absolute atomic E-state index is 13.4. The average Bonchev–Trinajstić information content (AvgIpc) is 2.81. The average molecular weight is 475 g/mol. The molecule has 2 heterocycles. The molecule has 1 aromatic heterocycles. The molecular weight excluding hydrogens is 451 g/mol. The molecule has 2 aromatic carbocycles. The van der Waals surface area contributed by atoms with Crippen molar-refractivity contribution >= 4 is 17.0 Å². The Labute approximate surface area is 194 Å². The van der Waals surface area contributed by atoms with Crippen molar-refractivity contribution in [2.75, 3.05) is 27.0 Å². The predicted molar refractivity (Wildman–Crippen MR) is 119 cm³/mol. The number of nitrogens with zero attached hydrogens (tertiary/aromatic N) is 3. The summed E-state index contributed by atoms with van der Waals surface area (Å²) in [4.78, 5) is 12.8. The second-order valence-electron chi connectivity index (χ2n) is 8.30. The number of amides is 1. The molecule has 1 amide bonds. The lowest BCUT2D eigenvalue weighted by molar-refractivity contribution is -0.137. The van der Waals surface area contributed by atoms with Crippen molar-refractivity contribution in [3.8, 4) is 17.0 Å². The molecule has 10 heteroatoms. The molecule has 1 atom stereocenters. The number of halogens is 3. The number of alkyl halides is 3. The molecule has 1 saturated heterocycles. The molecule has 1 aliphatic rings. The summed E-state index contributed by atoms with van der Waals surface area (Å²) in [5.41, 5.74) is 1.85. The number of methoxy groups -OCH3 is 1. The van der Waals surface area contributed by atoms with Crippen LogP contribution in [0.2, 0.25) is 0 Å². The van der Waals surface area contributed by atoms with E-state index in [0.29, 0.717) is 35.4 Å². The molecule has 4 rings (SSSR count). The number of ether oxygens (including phenoxy) is 2. The van der Waals surface area contributed by atoms with Crippen LogP contribution in [0.4, 0.5) is 18.0 Å². The molecule has 0 saturated carbocycles. The molecule has 1 N–H and O–H groups in total. The summed E-state index contributed by atoms with van der Waals surface area (Å²) in [6.45, 7) is 2.23. The normalized spacial score (nSPS) is 16.6. The highest BCUT2D eigenvalue weighted by atomic mass is 19.4. The summed E-state index contributed by atoms with van der Waals surface area (Å²) in [5, 5.41) is 18.9. The Morgan fingerprint density at radius 1 is 1.24 bits per heavy atom. The van der Waals surface area contributed by atoms with Gasteiger partial charge in [0.25, 0.3) is 0 Å². The molecule has 180 valence electrons. The molecule has 0 aliphatic carbocycles. The highest BCUT2D eigenvalue weighted by Gasteiger charge is 2.33. The van der Waals surface area contributed by atoms with E-state index in [2.05, 4.69) is 10.2 Å². The van der Waals surface area contributed by atoms with E-state index in [1.807, 2.05) is 18.2 Å². The fourth-order valence-corrected chi connectivity index (χ4v) is 4.43. The summed E-state index contributed by atoms with van der Waals surface area (Å²) < 4.78 is 50.4. The number of piperidine rings is 1. The van der Waals surface area contributed by atoms with Crippen LogP contribution >= 0.6 is 0 Å². The number of likely N-dealkylation sites (tertiary alicyclic amines) is 1. The first-order chi connectivity index (χ1) is 16.2. The lowest BCUT2D eigenvalue weighted by atomic mass is 9.89. The Bertz CT molecular complexity index is 1220. The van der Waals surface area contributed by atoms with Gasteiger partial charge in [0.05, 0.1) is 16.8 Å². The third kappa shape index (κ3) is 4.77. The number of carbonyl (C=O) groups is 1. The van der Waals surface area contributed by atoms with Crippen molar-refractivity contribution in [1.82, 2.24) is 15.1 Å². The van der Waals surface area contributed by atoms with Gasteiger partial charge in [0.15, 0.2) is 6.79 Å². The van der Waals surface area contributed by atoms with Gasteiger partial charge in [-0.3, -0.25) is 0 Å². The number of benzene rings is 2. The Kier molecular flexibility index (Phi) is 6.60. The van der Waals surface area contributed by atoms with E-state index < -0.39 is 17.8 Å². The van der Waals surface area contributed by atoms with Gasteiger partial charge in [-0.1, -0.05) is 18.2 Å². The largest absolute Gasteiger partial charge is 0.467 e. The summed E-state index contributed by atoms with van der Waals surface area (Å²) in [6, 6.07) is 9.39. The number of aryl methyl sites for hydroxylation is 1. The number of hydrogen-bond acceptors (Lipinski definition) is 5. The molecule has 34 heavy (non-hydrogen) atoms. The molecule has 7 nitrogen and oxygen atoms in total. The van der Waals surface area contributed by atoms with E-state index in [-0.39, 0.29) is 18.5 Å². The van der Waals surface area contributed by atoms with Gasteiger partial charge in [-0.05, 0) is 49.1 Å². The third-order valence-electron chi connectivity index (χ3n) is 6.00. The molecule has 0 bridgehead atoms. The van der Waals surface area contributed by atoms with Crippen LogP contribution in [0.3, 0.4) is 0 Å². The highest BCUT2D eigenvalue weighted by molar-refractivity contribution is 5.86. The van der Waals surface area contributed by atoms with Crippen molar-refractivity contribution in [1.29, 1.82) is 0 Å². The van der Waals surface area contributed by atoms with Gasteiger partial charge in [-0.25, -0.2) is 4.79 Å². The predicted octanol–water partition coefficient (Wildman–Crippen LogP) is 5.46. The van der Waals surface area contributed by atoms with Crippen LogP contribution in [0.15, 0.2) is 36.4 Å². The van der Waals surface area contributed by atoms with Crippen LogP contribution in [0.25, 0.3) is 22.2 Å². The van der Waals surface area contributed by atoms with Gasteiger partial charge in [0.2, 0.25) is 0 Å². The van der Waals surface area contributed by atoms with Crippen molar-refractivity contribution in [3.63, 3.8) is 0 Å². The second kappa shape index (κ2) is 9.46. The molecule has 3 aromatic rings. The first-order valence-corrected chi connectivity index (χ1v) is 10.8. The van der Waals surface area contributed by atoms with Crippen LogP contribution < -0.4 is 4.74 Å². The number of carboxylic acid groups (broad SMARTS) is 1. The second-order valence-corrected chi connectivity index (χ2v) is 8.30. The molecule has 1 fully saturated rings. The number of aromatic nitrogens is 2. The van der Waals surface area contributed by atoms with Gasteiger partial charge in [-0.15, -0.1) is 10.2 Å². The smallest absolute Gasteiger partial charge is 0.416 e. The lowest BCUT2D eigenvalue weighted by Crippen LogP contribution is -2.38. The number of fused-ring (bicyclic) bond motifs is 1. The van der Waals surface area contributed by atoms with Crippen molar-refractivity contribution < 1.29 is 32.5 Å². The third-order valence-corrected chi connectivity index (χ3v) is 6.00. The summed E-state index contributed by atoms with van der Waals surface area (Å²) in [7, 11) is 1.38. The maximum Gasteiger partial charge on any atom is 0.416 e. The molecule has 1 aliphatic heterocycles. The van der Waals surface area contributed by atoms with E-state index in [4.69, 9.17) is 9.47 Å². The lowest BCUT2D eigenvalue weighted by Gasteiger charge is -2.31. The standard InChI is InChI=1S/C24H24F3N3O4/c1-14-9-17(24(25,26)27)11-20(34-13-33-2)21(14)19-10-15-5-3-7-18(22(15)29-28-19)16-6-4-8-30(12-16)23(31)32/h3,5,7,9-11,16H,4,6,8,12-13H2,1-2H3,(H,31,32). The Balaban J connectivity index is 1.77. The van der Waals surface area contributed by atoms with Gasteiger partial charge in [0, 0.05) is 37.1 Å². The van der Waals surface area contributed by atoms with Gasteiger partial charge in [-0.2, -0.15) is 13.2 Å². The highest BCUT2D eigenvalue weighted by Crippen LogP contribution is 2.40. The Hall–Kier alpha value is -3.40. The zero-order valence-corrected chi connectivity index (χ0v) is 18.7. The molecule has 1 unspecified atom stereocenters. The van der Waals surface area contributed by atoms with Gasteiger partial charge >= 0.3 is 12.3 Å². The SMILES string of the molecule is COCOc1cc(C(F)(F)F)cc(C)c1-c1cc2cccc(C3CCCN(C(=O)O)C3)c2nn1. The van der Waals surface area contributed by atoms with E-state index in [1.54, 1.807) is 13.0 Å². The van der Waals surface area contributed by atoms with Crippen LogP contribution in [-0.2, 0) is 10.9 Å². The fourth-order valence-electron chi connectivity index (χ4n) is 4.43. The van der Waals surface area contributed by atoms with Crippen molar-refractivity contribution in [2.45, 2.75) is 31.9 Å². The monoisotopic (exact) mass is 475 g/mol. The fraction of sp³-hybridized carbons (Fsp3) is 0.375.